The lowest BCUT2D eigenvalue weighted by Crippen LogP contribution is -2.62. The second kappa shape index (κ2) is 7.58. The molecule has 0 radical (unpaired) electrons. The molecule has 0 N–H and O–H groups in total. The Labute approximate surface area is 194 Å². The number of rotatable bonds is 3. The van der Waals surface area contributed by atoms with E-state index in [1.807, 2.05) is 67.1 Å². The van der Waals surface area contributed by atoms with Crippen LogP contribution in [0.5, 0.6) is 0 Å². The maximum Gasteiger partial charge on any atom is 0.256 e. The van der Waals surface area contributed by atoms with Gasteiger partial charge in [0, 0.05) is 18.1 Å². The Morgan fingerprint density at radius 1 is 1.19 bits per heavy atom. The Bertz CT molecular complexity index is 1190. The normalized spacial score (nSPS) is 22.5. The van der Waals surface area contributed by atoms with E-state index in [2.05, 4.69) is 26.1 Å². The molecular formula is C23H24BrFN6O. The fourth-order valence-electron chi connectivity index (χ4n) is 5.14. The fourth-order valence-corrected chi connectivity index (χ4v) is 5.66. The van der Waals surface area contributed by atoms with Crippen LogP contribution in [0.2, 0.25) is 0 Å². The topological polar surface area (TPSA) is 57.5 Å². The average molecular weight is 499 g/mol. The number of likely N-dealkylation sites (tertiary alicyclic amines) is 1. The number of likely N-dealkylation sites (N-methyl/N-ethyl adjacent to an activating group) is 1. The quantitative estimate of drug-likeness (QED) is 0.497. The number of anilines is 2. The van der Waals surface area contributed by atoms with Gasteiger partial charge in [0.15, 0.2) is 6.17 Å². The molecule has 0 bridgehead atoms. The number of aryl methyl sites for hydroxylation is 1. The molecular weight excluding hydrogens is 475 g/mol. The summed E-state index contributed by atoms with van der Waals surface area (Å²) in [6, 6.07) is 11.3. The first-order valence-corrected chi connectivity index (χ1v) is 11.4. The van der Waals surface area contributed by atoms with Gasteiger partial charge in [0.25, 0.3) is 5.91 Å². The Hall–Kier alpha value is -2.94. The van der Waals surface area contributed by atoms with Gasteiger partial charge in [-0.1, -0.05) is 22.2 Å². The van der Waals surface area contributed by atoms with E-state index in [1.165, 1.54) is 4.80 Å². The van der Waals surface area contributed by atoms with Gasteiger partial charge in [-0.15, -0.1) is 0 Å². The van der Waals surface area contributed by atoms with Gasteiger partial charge in [-0.3, -0.25) is 4.79 Å². The number of benzene rings is 2. The van der Waals surface area contributed by atoms with E-state index in [9.17, 15) is 4.79 Å². The molecule has 3 aromatic rings. The zero-order valence-electron chi connectivity index (χ0n) is 18.2. The lowest BCUT2D eigenvalue weighted by atomic mass is 9.93. The first-order valence-electron chi connectivity index (χ1n) is 10.6. The molecule has 7 nitrogen and oxygen atoms in total. The van der Waals surface area contributed by atoms with Crippen molar-refractivity contribution in [3.8, 4) is 5.69 Å². The maximum atomic E-state index is 15.8. The van der Waals surface area contributed by atoms with Crippen molar-refractivity contribution in [3.63, 3.8) is 0 Å². The molecule has 0 saturated carbocycles. The highest BCUT2D eigenvalue weighted by Gasteiger charge is 2.54. The Morgan fingerprint density at radius 2 is 1.94 bits per heavy atom. The lowest BCUT2D eigenvalue weighted by molar-refractivity contribution is 0.0539. The molecule has 2 aromatic carbocycles. The van der Waals surface area contributed by atoms with Crippen LogP contribution in [0.3, 0.4) is 0 Å². The van der Waals surface area contributed by atoms with Crippen LogP contribution < -0.4 is 10.0 Å². The van der Waals surface area contributed by atoms with Gasteiger partial charge in [0.05, 0.1) is 34.9 Å². The summed E-state index contributed by atoms with van der Waals surface area (Å²) in [5, 5.41) is 9.23. The summed E-state index contributed by atoms with van der Waals surface area (Å²) in [6.07, 6.45) is 4.02. The molecule has 32 heavy (non-hydrogen) atoms. The molecule has 2 aliphatic heterocycles. The molecule has 5 rings (SSSR count). The fraction of sp³-hybridized carbons (Fsp3) is 0.348. The minimum atomic E-state index is -0.738. The molecule has 2 atom stereocenters. The van der Waals surface area contributed by atoms with Crippen LogP contribution in [-0.4, -0.2) is 51.1 Å². The highest BCUT2D eigenvalue weighted by Crippen LogP contribution is 2.49. The van der Waals surface area contributed by atoms with E-state index in [1.54, 1.807) is 12.4 Å². The van der Waals surface area contributed by atoms with Gasteiger partial charge in [-0.2, -0.15) is 20.1 Å². The van der Waals surface area contributed by atoms with Gasteiger partial charge in [0.2, 0.25) is 0 Å². The lowest BCUT2D eigenvalue weighted by Gasteiger charge is -2.44. The summed E-state index contributed by atoms with van der Waals surface area (Å²) in [7, 11) is 1.88. The van der Waals surface area contributed by atoms with Gasteiger partial charge < -0.3 is 9.80 Å². The smallest absolute Gasteiger partial charge is 0.256 e. The molecule has 0 aliphatic carbocycles. The van der Waals surface area contributed by atoms with Crippen molar-refractivity contribution in [1.29, 1.82) is 0 Å². The Kier molecular flexibility index (Phi) is 4.96. The second-order valence-electron chi connectivity index (χ2n) is 8.66. The van der Waals surface area contributed by atoms with Crippen LogP contribution in [-0.2, 0) is 0 Å². The van der Waals surface area contributed by atoms with Crippen LogP contribution in [0.25, 0.3) is 5.69 Å². The summed E-state index contributed by atoms with van der Waals surface area (Å²) in [6.45, 7) is 4.49. The number of carbonyl (C=O) groups is 1. The van der Waals surface area contributed by atoms with Crippen LogP contribution in [0.1, 0.15) is 35.7 Å². The minimum absolute atomic E-state index is 0.141. The van der Waals surface area contributed by atoms with E-state index in [0.717, 1.165) is 22.8 Å². The zero-order chi connectivity index (χ0) is 22.6. The minimum Gasteiger partial charge on any atom is -0.348 e. The highest BCUT2D eigenvalue weighted by atomic mass is 79.9. The molecule has 1 saturated heterocycles. The van der Waals surface area contributed by atoms with Crippen molar-refractivity contribution >= 4 is 33.2 Å². The molecule has 3 heterocycles. The number of hydrogen-bond acceptors (Lipinski definition) is 5. The predicted octanol–water partition coefficient (Wildman–Crippen LogP) is 4.50. The SMILES string of the molecule is Cc1ccc(-n2nccn2)c(C(=O)N2CCCC2(C)C2N(C)c3cccc(Br)c3N2F)c1. The summed E-state index contributed by atoms with van der Waals surface area (Å²) < 4.78 is 16.5. The van der Waals surface area contributed by atoms with E-state index >= 15 is 4.48 Å². The van der Waals surface area contributed by atoms with Crippen molar-refractivity contribution < 1.29 is 9.28 Å². The van der Waals surface area contributed by atoms with Crippen LogP contribution in [0, 0.1) is 6.92 Å². The molecule has 0 spiro atoms. The van der Waals surface area contributed by atoms with Gasteiger partial charge in [0.1, 0.15) is 5.69 Å². The number of fused-ring (bicyclic) bond motifs is 1. The zero-order valence-corrected chi connectivity index (χ0v) is 19.8. The van der Waals surface area contributed by atoms with Crippen molar-refractivity contribution in [2.24, 2.45) is 0 Å². The largest absolute Gasteiger partial charge is 0.348 e. The third-order valence-electron chi connectivity index (χ3n) is 6.64. The summed E-state index contributed by atoms with van der Waals surface area (Å²) >= 11 is 3.48. The first-order chi connectivity index (χ1) is 15.3. The van der Waals surface area contributed by atoms with E-state index in [4.69, 9.17) is 0 Å². The van der Waals surface area contributed by atoms with Gasteiger partial charge >= 0.3 is 0 Å². The first kappa shape index (κ1) is 20.9. The van der Waals surface area contributed by atoms with Crippen molar-refractivity contribution in [1.82, 2.24) is 19.9 Å². The Morgan fingerprint density at radius 3 is 2.66 bits per heavy atom. The maximum absolute atomic E-state index is 15.8. The van der Waals surface area contributed by atoms with E-state index in [0.29, 0.717) is 34.4 Å². The molecule has 1 amide bonds. The van der Waals surface area contributed by atoms with E-state index < -0.39 is 11.7 Å². The molecule has 1 aromatic heterocycles. The predicted molar refractivity (Wildman–Crippen MR) is 125 cm³/mol. The van der Waals surface area contributed by atoms with Crippen molar-refractivity contribution in [2.75, 3.05) is 23.6 Å². The number of hydrogen-bond donors (Lipinski definition) is 0. The van der Waals surface area contributed by atoms with Crippen molar-refractivity contribution in [2.45, 2.75) is 38.4 Å². The molecule has 9 heteroatoms. The standard InChI is InChI=1S/C23H24BrFN6O/c1-15-8-9-18(31-26-11-12-27-31)16(14-15)21(32)29-13-5-10-23(29,2)22-28(3)19-7-4-6-17(24)20(19)30(22)25/h4,6-9,11-12,14,22H,5,10,13H2,1-3H3. The summed E-state index contributed by atoms with van der Waals surface area (Å²) in [5.41, 5.74) is 2.65. The molecule has 166 valence electrons. The second-order valence-corrected chi connectivity index (χ2v) is 9.51. The number of para-hydroxylation sites is 1. The number of amides is 1. The van der Waals surface area contributed by atoms with Gasteiger partial charge in [-0.25, -0.2) is 0 Å². The highest BCUT2D eigenvalue weighted by molar-refractivity contribution is 9.10. The number of halogens is 2. The Balaban J connectivity index is 1.56. The molecule has 2 unspecified atom stereocenters. The number of aromatic nitrogens is 3. The average Bonchev–Trinajstić information content (AvgIpc) is 3.48. The number of carbonyl (C=O) groups excluding carboxylic acids is 1. The van der Waals surface area contributed by atoms with Crippen LogP contribution in [0.4, 0.5) is 15.9 Å². The third-order valence-corrected chi connectivity index (χ3v) is 7.28. The molecule has 1 fully saturated rings. The third kappa shape index (κ3) is 3.02. The van der Waals surface area contributed by atoms with Crippen molar-refractivity contribution in [3.05, 3.63) is 64.4 Å². The molecule has 2 aliphatic rings. The van der Waals surface area contributed by atoms with Crippen LogP contribution >= 0.6 is 15.9 Å². The van der Waals surface area contributed by atoms with Gasteiger partial charge in [-0.05, 0) is 66.9 Å². The summed E-state index contributed by atoms with van der Waals surface area (Å²) in [4.78, 5) is 19.1. The van der Waals surface area contributed by atoms with E-state index in [-0.39, 0.29) is 5.91 Å². The monoisotopic (exact) mass is 498 g/mol. The van der Waals surface area contributed by atoms with Crippen LogP contribution in [0.15, 0.2) is 53.3 Å². The number of nitrogens with zero attached hydrogens (tertiary/aromatic N) is 6. The summed E-state index contributed by atoms with van der Waals surface area (Å²) in [5.74, 6) is -0.141.